The molecule has 1 fully saturated rings. The Morgan fingerprint density at radius 1 is 1.13 bits per heavy atom. The number of rotatable bonds is 7. The highest BCUT2D eigenvalue weighted by Crippen LogP contribution is 2.38. The quantitative estimate of drug-likeness (QED) is 0.524. The lowest BCUT2D eigenvalue weighted by Gasteiger charge is -2.19. The van der Waals surface area contributed by atoms with E-state index >= 15 is 0 Å². The van der Waals surface area contributed by atoms with Crippen LogP contribution in [0.2, 0.25) is 0 Å². The van der Waals surface area contributed by atoms with E-state index in [9.17, 15) is 9.90 Å². The van der Waals surface area contributed by atoms with Gasteiger partial charge in [-0.2, -0.15) is 0 Å². The molecular weight excluding hydrogens is 378 g/mol. The summed E-state index contributed by atoms with van der Waals surface area (Å²) in [4.78, 5) is 11.2. The molecule has 1 heterocycles. The zero-order valence-electron chi connectivity index (χ0n) is 17.0. The van der Waals surface area contributed by atoms with Gasteiger partial charge < -0.3 is 10.8 Å². The molecule has 7 nitrogen and oxygen atoms in total. The number of aliphatic hydroxyl groups is 1. The van der Waals surface area contributed by atoms with Crippen LogP contribution in [0.4, 0.5) is 0 Å². The Bertz CT molecular complexity index is 997. The molecule has 3 aromatic rings. The van der Waals surface area contributed by atoms with Gasteiger partial charge in [0.25, 0.3) is 0 Å². The molecule has 0 radical (unpaired) electrons. The molecule has 3 unspecified atom stereocenters. The second kappa shape index (κ2) is 8.77. The summed E-state index contributed by atoms with van der Waals surface area (Å²) in [6.45, 7) is 2.76. The number of amides is 1. The number of nitrogens with zero attached hydrogens (tertiary/aromatic N) is 3. The van der Waals surface area contributed by atoms with Crippen LogP contribution < -0.4 is 11.1 Å². The molecule has 4 N–H and O–H groups in total. The third-order valence-electron chi connectivity index (χ3n) is 5.91. The van der Waals surface area contributed by atoms with Gasteiger partial charge in [0.2, 0.25) is 5.91 Å². The number of carbonyl (C=O) groups is 1. The number of hydrogen-bond acceptors (Lipinski definition) is 5. The highest BCUT2D eigenvalue weighted by atomic mass is 16.3. The minimum Gasteiger partial charge on any atom is -0.378 e. The molecule has 1 saturated carbocycles. The molecule has 0 saturated heterocycles. The number of carbonyl (C=O) groups excluding carboxylic acids is 1. The van der Waals surface area contributed by atoms with Gasteiger partial charge >= 0.3 is 0 Å². The van der Waals surface area contributed by atoms with Gasteiger partial charge in [0.1, 0.15) is 6.23 Å². The molecule has 7 heteroatoms. The van der Waals surface area contributed by atoms with Gasteiger partial charge in [-0.15, -0.1) is 5.10 Å². The fourth-order valence-electron chi connectivity index (χ4n) is 4.26. The van der Waals surface area contributed by atoms with Crippen molar-refractivity contribution in [3.8, 4) is 22.4 Å². The second-order valence-corrected chi connectivity index (χ2v) is 7.81. The molecule has 1 aliphatic carbocycles. The molecule has 1 aliphatic rings. The molecule has 156 valence electrons. The molecule has 1 amide bonds. The number of aromatic nitrogens is 3. The van der Waals surface area contributed by atoms with E-state index in [1.165, 1.54) is 0 Å². The smallest absolute Gasteiger partial charge is 0.248 e. The number of benzene rings is 2. The fourth-order valence-corrected chi connectivity index (χ4v) is 4.26. The maximum Gasteiger partial charge on any atom is 0.248 e. The Morgan fingerprint density at radius 2 is 1.77 bits per heavy atom. The summed E-state index contributed by atoms with van der Waals surface area (Å²) in [7, 11) is 0. The third-order valence-corrected chi connectivity index (χ3v) is 5.91. The average molecular weight is 406 g/mol. The van der Waals surface area contributed by atoms with E-state index in [0.29, 0.717) is 5.56 Å². The summed E-state index contributed by atoms with van der Waals surface area (Å²) in [5.74, 6) is -0.192. The van der Waals surface area contributed by atoms with Crippen LogP contribution in [0.1, 0.15) is 42.6 Å². The number of nitrogens with one attached hydrogen (secondary N) is 1. The number of hydrogen-bond donors (Lipinski definition) is 3. The van der Waals surface area contributed by atoms with Crippen molar-refractivity contribution in [3.05, 3.63) is 60.3 Å². The molecule has 3 atom stereocenters. The predicted molar refractivity (Wildman–Crippen MR) is 115 cm³/mol. The summed E-state index contributed by atoms with van der Waals surface area (Å²) in [5, 5.41) is 21.9. The molecule has 2 aromatic carbocycles. The Kier molecular flexibility index (Phi) is 5.92. The Hall–Kier alpha value is -3.03. The second-order valence-electron chi connectivity index (χ2n) is 7.81. The van der Waals surface area contributed by atoms with Crippen molar-refractivity contribution in [1.82, 2.24) is 20.3 Å². The largest absolute Gasteiger partial charge is 0.378 e. The van der Waals surface area contributed by atoms with E-state index < -0.39 is 12.1 Å². The molecule has 0 bridgehead atoms. The molecule has 4 rings (SSSR count). The zero-order valence-corrected chi connectivity index (χ0v) is 17.0. The van der Waals surface area contributed by atoms with Crippen LogP contribution in [0.3, 0.4) is 0 Å². The van der Waals surface area contributed by atoms with Crippen LogP contribution in [-0.2, 0) is 0 Å². The predicted octanol–water partition coefficient (Wildman–Crippen LogP) is 2.98. The summed E-state index contributed by atoms with van der Waals surface area (Å²) in [5.41, 5.74) is 9.92. The summed E-state index contributed by atoms with van der Waals surface area (Å²) in [6, 6.07) is 15.7. The summed E-state index contributed by atoms with van der Waals surface area (Å²) in [6.07, 6.45) is 4.17. The van der Waals surface area contributed by atoms with Crippen LogP contribution in [0.15, 0.2) is 54.7 Å². The van der Waals surface area contributed by atoms with Crippen LogP contribution in [0.25, 0.3) is 22.4 Å². The molecule has 0 spiro atoms. The number of aliphatic hydroxyl groups excluding tert-OH is 1. The van der Waals surface area contributed by atoms with Crippen molar-refractivity contribution in [2.24, 2.45) is 11.7 Å². The average Bonchev–Trinajstić information content (AvgIpc) is 3.44. The first-order chi connectivity index (χ1) is 14.6. The topological polar surface area (TPSA) is 106 Å². The highest BCUT2D eigenvalue weighted by molar-refractivity contribution is 5.93. The van der Waals surface area contributed by atoms with E-state index in [1.807, 2.05) is 23.7 Å². The van der Waals surface area contributed by atoms with Gasteiger partial charge in [0, 0.05) is 17.0 Å². The van der Waals surface area contributed by atoms with E-state index in [2.05, 4.69) is 39.9 Å². The maximum atomic E-state index is 11.2. The van der Waals surface area contributed by atoms with E-state index in [-0.39, 0.29) is 12.0 Å². The lowest BCUT2D eigenvalue weighted by Crippen LogP contribution is -2.34. The highest BCUT2D eigenvalue weighted by Gasteiger charge is 2.32. The van der Waals surface area contributed by atoms with Crippen molar-refractivity contribution in [2.45, 2.75) is 38.5 Å². The Labute approximate surface area is 175 Å². The minimum atomic E-state index is -0.466. The Balaban J connectivity index is 1.51. The molecule has 0 aliphatic heterocycles. The molecular formula is C23H27N5O2. The van der Waals surface area contributed by atoms with Gasteiger partial charge in [0.05, 0.1) is 17.9 Å². The lowest BCUT2D eigenvalue weighted by molar-refractivity contribution is 0.0773. The van der Waals surface area contributed by atoms with Crippen molar-refractivity contribution in [3.63, 3.8) is 0 Å². The maximum absolute atomic E-state index is 11.2. The summed E-state index contributed by atoms with van der Waals surface area (Å²) < 4.78 is 2.00. The van der Waals surface area contributed by atoms with Gasteiger partial charge in [-0.1, -0.05) is 48.5 Å². The van der Waals surface area contributed by atoms with E-state index in [1.54, 1.807) is 18.3 Å². The van der Waals surface area contributed by atoms with Gasteiger partial charge in [-0.05, 0) is 49.1 Å². The van der Waals surface area contributed by atoms with Gasteiger partial charge in [-0.3, -0.25) is 10.1 Å². The summed E-state index contributed by atoms with van der Waals surface area (Å²) >= 11 is 0. The number of primary amides is 1. The Morgan fingerprint density at radius 3 is 2.40 bits per heavy atom. The van der Waals surface area contributed by atoms with Crippen LogP contribution in [0, 0.1) is 5.92 Å². The minimum absolute atomic E-state index is 0.234. The first kappa shape index (κ1) is 20.3. The van der Waals surface area contributed by atoms with Crippen LogP contribution >= 0.6 is 0 Å². The monoisotopic (exact) mass is 405 g/mol. The van der Waals surface area contributed by atoms with Crippen molar-refractivity contribution in [1.29, 1.82) is 0 Å². The van der Waals surface area contributed by atoms with E-state index in [0.717, 1.165) is 48.2 Å². The van der Waals surface area contributed by atoms with Crippen molar-refractivity contribution in [2.75, 3.05) is 6.54 Å². The standard InChI is InChI=1S/C23H27N5O2/c1-2-25-23(30)19-11-12-20(13-19)28-21(14-26-27-28)17-7-3-15(4-8-17)16-5-9-18(10-6-16)22(24)29/h3-10,14,19-20,23,25,30H,2,11-13H2,1H3,(H2,24,29). The lowest BCUT2D eigenvalue weighted by atomic mass is 10.0. The zero-order chi connectivity index (χ0) is 21.1. The molecule has 1 aromatic heterocycles. The fraction of sp³-hybridized carbons (Fsp3) is 0.348. The number of nitrogens with two attached hydrogens (primary N) is 1. The first-order valence-corrected chi connectivity index (χ1v) is 10.4. The normalized spacial score (nSPS) is 19.7. The van der Waals surface area contributed by atoms with E-state index in [4.69, 9.17) is 5.73 Å². The third kappa shape index (κ3) is 4.13. The molecule has 30 heavy (non-hydrogen) atoms. The van der Waals surface area contributed by atoms with Crippen molar-refractivity contribution >= 4 is 5.91 Å². The van der Waals surface area contributed by atoms with Crippen molar-refractivity contribution < 1.29 is 9.90 Å². The van der Waals surface area contributed by atoms with Crippen LogP contribution in [0.5, 0.6) is 0 Å². The first-order valence-electron chi connectivity index (χ1n) is 10.4. The van der Waals surface area contributed by atoms with Gasteiger partial charge in [0.15, 0.2) is 0 Å². The van der Waals surface area contributed by atoms with Crippen LogP contribution in [-0.4, -0.2) is 38.8 Å². The SMILES string of the molecule is CCNC(O)C1CCC(n2nncc2-c2ccc(-c3ccc(C(N)=O)cc3)cc2)C1. The van der Waals surface area contributed by atoms with Gasteiger partial charge in [-0.25, -0.2) is 4.68 Å².